The van der Waals surface area contributed by atoms with Gasteiger partial charge in [-0.3, -0.25) is 9.78 Å². The van der Waals surface area contributed by atoms with Gasteiger partial charge in [-0.25, -0.2) is 4.39 Å². The Balaban J connectivity index is 1.39. The Labute approximate surface area is 161 Å². The highest BCUT2D eigenvalue weighted by Crippen LogP contribution is 2.20. The van der Waals surface area contributed by atoms with Crippen molar-refractivity contribution in [3.8, 4) is 0 Å². The Bertz CT molecular complexity index is 1120. The molecule has 4 aromatic rings. The molecule has 5 nitrogen and oxygen atoms in total. The summed E-state index contributed by atoms with van der Waals surface area (Å²) in [5.41, 5.74) is 3.46. The molecule has 0 bridgehead atoms. The first-order valence-electron chi connectivity index (χ1n) is 9.01. The largest absolute Gasteiger partial charge is 0.361 e. The van der Waals surface area contributed by atoms with E-state index in [1.54, 1.807) is 30.3 Å². The number of hydrogen-bond acceptors (Lipinski definition) is 3. The van der Waals surface area contributed by atoms with E-state index in [1.807, 2.05) is 24.4 Å². The number of carbonyl (C=O) groups excluding carboxylic acids is 1. The molecular formula is C22H19FN4O. The van der Waals surface area contributed by atoms with E-state index in [0.717, 1.165) is 16.5 Å². The molecule has 0 aliphatic rings. The maximum absolute atomic E-state index is 13.8. The fraction of sp³-hybridized carbons (Fsp3) is 0.0909. The predicted molar refractivity (Wildman–Crippen MR) is 108 cm³/mol. The molecule has 4 rings (SSSR count). The van der Waals surface area contributed by atoms with Crippen LogP contribution in [-0.2, 0) is 6.42 Å². The number of amides is 1. The number of nitrogens with zero attached hydrogens (tertiary/aromatic N) is 1. The third-order valence-corrected chi connectivity index (χ3v) is 4.50. The van der Waals surface area contributed by atoms with E-state index < -0.39 is 0 Å². The molecule has 0 aliphatic carbocycles. The summed E-state index contributed by atoms with van der Waals surface area (Å²) in [5.74, 6) is -0.624. The summed E-state index contributed by atoms with van der Waals surface area (Å²) in [4.78, 5) is 19.8. The highest BCUT2D eigenvalue weighted by Gasteiger charge is 2.10. The standard InChI is InChI=1S/C22H19FN4O/c23-18-6-2-4-8-20(18)27-16-10-12-24-21(13-16)22(28)25-11-9-15-14-26-19-7-3-1-5-17(15)19/h1-8,10,12-14,26H,9,11H2,(H,24,27)(H,25,28). The molecule has 2 aromatic heterocycles. The lowest BCUT2D eigenvalue weighted by Crippen LogP contribution is -2.26. The van der Waals surface area contributed by atoms with Crippen LogP contribution >= 0.6 is 0 Å². The van der Waals surface area contributed by atoms with Crippen molar-refractivity contribution in [2.24, 2.45) is 0 Å². The molecule has 2 aromatic carbocycles. The minimum absolute atomic E-state index is 0.267. The minimum atomic E-state index is -0.357. The third kappa shape index (κ3) is 3.86. The van der Waals surface area contributed by atoms with E-state index in [9.17, 15) is 9.18 Å². The molecule has 6 heteroatoms. The number of anilines is 2. The molecule has 0 radical (unpaired) electrons. The van der Waals surface area contributed by atoms with Crippen LogP contribution in [0, 0.1) is 5.82 Å². The summed E-state index contributed by atoms with van der Waals surface area (Å²) in [6, 6.07) is 17.7. The number of hydrogen-bond donors (Lipinski definition) is 3. The van der Waals surface area contributed by atoms with Gasteiger partial charge in [-0.1, -0.05) is 30.3 Å². The quantitative estimate of drug-likeness (QED) is 0.468. The van der Waals surface area contributed by atoms with Gasteiger partial charge in [0.05, 0.1) is 5.69 Å². The van der Waals surface area contributed by atoms with Gasteiger partial charge < -0.3 is 15.6 Å². The van der Waals surface area contributed by atoms with Crippen LogP contribution in [-0.4, -0.2) is 22.4 Å². The summed E-state index contributed by atoms with van der Waals surface area (Å²) in [6.45, 7) is 0.493. The summed E-state index contributed by atoms with van der Waals surface area (Å²) in [6.07, 6.45) is 4.20. The molecular weight excluding hydrogens is 355 g/mol. The Morgan fingerprint density at radius 1 is 1.07 bits per heavy atom. The van der Waals surface area contributed by atoms with Crippen molar-refractivity contribution in [1.82, 2.24) is 15.3 Å². The Kier molecular flexibility index (Phi) is 5.01. The normalized spacial score (nSPS) is 10.8. The van der Waals surface area contributed by atoms with Crippen molar-refractivity contribution in [2.75, 3.05) is 11.9 Å². The number of rotatable bonds is 6. The van der Waals surface area contributed by atoms with E-state index in [0.29, 0.717) is 24.3 Å². The lowest BCUT2D eigenvalue weighted by Gasteiger charge is -2.09. The Morgan fingerprint density at radius 3 is 2.79 bits per heavy atom. The fourth-order valence-electron chi connectivity index (χ4n) is 3.09. The number of para-hydroxylation sites is 2. The van der Waals surface area contributed by atoms with Crippen molar-refractivity contribution in [3.63, 3.8) is 0 Å². The zero-order valence-corrected chi connectivity index (χ0v) is 15.1. The molecule has 0 atom stereocenters. The molecule has 0 fully saturated rings. The number of fused-ring (bicyclic) bond motifs is 1. The first kappa shape index (κ1) is 17.7. The van der Waals surface area contributed by atoms with Crippen LogP contribution in [0.25, 0.3) is 10.9 Å². The molecule has 0 spiro atoms. The average Bonchev–Trinajstić information content (AvgIpc) is 3.13. The molecule has 2 heterocycles. The summed E-state index contributed by atoms with van der Waals surface area (Å²) >= 11 is 0. The zero-order valence-electron chi connectivity index (χ0n) is 15.1. The summed E-state index contributed by atoms with van der Waals surface area (Å²) in [7, 11) is 0. The number of aromatic nitrogens is 2. The van der Waals surface area contributed by atoms with E-state index in [-0.39, 0.29) is 17.4 Å². The number of nitrogens with one attached hydrogen (secondary N) is 3. The SMILES string of the molecule is O=C(NCCc1c[nH]c2ccccc12)c1cc(Nc2ccccc2F)ccn1. The number of aromatic amines is 1. The van der Waals surface area contributed by atoms with E-state index in [2.05, 4.69) is 26.7 Å². The highest BCUT2D eigenvalue weighted by atomic mass is 19.1. The van der Waals surface area contributed by atoms with Gasteiger partial charge in [-0.15, -0.1) is 0 Å². The van der Waals surface area contributed by atoms with Crippen LogP contribution in [0.4, 0.5) is 15.8 Å². The molecule has 1 amide bonds. The fourth-order valence-corrected chi connectivity index (χ4v) is 3.09. The molecule has 0 aliphatic heterocycles. The van der Waals surface area contributed by atoms with Gasteiger partial charge in [0.1, 0.15) is 11.5 Å². The van der Waals surface area contributed by atoms with Crippen molar-refractivity contribution in [1.29, 1.82) is 0 Å². The monoisotopic (exact) mass is 374 g/mol. The van der Waals surface area contributed by atoms with Crippen molar-refractivity contribution >= 4 is 28.2 Å². The molecule has 28 heavy (non-hydrogen) atoms. The molecule has 0 unspecified atom stereocenters. The number of benzene rings is 2. The van der Waals surface area contributed by atoms with Gasteiger partial charge in [0.15, 0.2) is 0 Å². The number of pyridine rings is 1. The number of carbonyl (C=O) groups is 1. The Hall–Kier alpha value is -3.67. The van der Waals surface area contributed by atoms with Crippen LogP contribution in [0.15, 0.2) is 73.1 Å². The second kappa shape index (κ2) is 7.92. The van der Waals surface area contributed by atoms with Crippen molar-refractivity contribution in [2.45, 2.75) is 6.42 Å². The van der Waals surface area contributed by atoms with Crippen LogP contribution in [0.5, 0.6) is 0 Å². The zero-order chi connectivity index (χ0) is 19.3. The predicted octanol–water partition coefficient (Wildman–Crippen LogP) is 4.42. The third-order valence-electron chi connectivity index (χ3n) is 4.50. The van der Waals surface area contributed by atoms with E-state index >= 15 is 0 Å². The lowest BCUT2D eigenvalue weighted by molar-refractivity contribution is 0.0949. The van der Waals surface area contributed by atoms with Crippen LogP contribution in [0.1, 0.15) is 16.1 Å². The van der Waals surface area contributed by atoms with Gasteiger partial charge in [0.25, 0.3) is 5.91 Å². The minimum Gasteiger partial charge on any atom is -0.361 e. The second-order valence-corrected chi connectivity index (χ2v) is 6.40. The van der Waals surface area contributed by atoms with Gasteiger partial charge in [0.2, 0.25) is 0 Å². The summed E-state index contributed by atoms with van der Waals surface area (Å²) in [5, 5.41) is 7.01. The molecule has 0 saturated heterocycles. The average molecular weight is 374 g/mol. The van der Waals surface area contributed by atoms with Gasteiger partial charge in [0, 0.05) is 35.5 Å². The van der Waals surface area contributed by atoms with Crippen molar-refractivity contribution < 1.29 is 9.18 Å². The molecule has 3 N–H and O–H groups in total. The van der Waals surface area contributed by atoms with Crippen LogP contribution in [0.3, 0.4) is 0 Å². The second-order valence-electron chi connectivity index (χ2n) is 6.40. The maximum atomic E-state index is 13.8. The lowest BCUT2D eigenvalue weighted by atomic mass is 10.1. The Morgan fingerprint density at radius 2 is 1.89 bits per heavy atom. The first-order valence-corrected chi connectivity index (χ1v) is 9.01. The van der Waals surface area contributed by atoms with Gasteiger partial charge in [-0.05, 0) is 42.3 Å². The first-order chi connectivity index (χ1) is 13.7. The summed E-state index contributed by atoms with van der Waals surface area (Å²) < 4.78 is 13.8. The number of halogens is 1. The smallest absolute Gasteiger partial charge is 0.269 e. The van der Waals surface area contributed by atoms with Crippen LogP contribution < -0.4 is 10.6 Å². The van der Waals surface area contributed by atoms with Gasteiger partial charge >= 0.3 is 0 Å². The van der Waals surface area contributed by atoms with E-state index in [4.69, 9.17) is 0 Å². The molecule has 140 valence electrons. The molecule has 0 saturated carbocycles. The van der Waals surface area contributed by atoms with E-state index in [1.165, 1.54) is 12.3 Å². The number of H-pyrrole nitrogens is 1. The van der Waals surface area contributed by atoms with Crippen molar-refractivity contribution in [3.05, 3.63) is 90.1 Å². The topological polar surface area (TPSA) is 69.8 Å². The van der Waals surface area contributed by atoms with Crippen LogP contribution in [0.2, 0.25) is 0 Å². The maximum Gasteiger partial charge on any atom is 0.269 e. The highest BCUT2D eigenvalue weighted by molar-refractivity contribution is 5.93. The van der Waals surface area contributed by atoms with Gasteiger partial charge in [-0.2, -0.15) is 0 Å².